The molecule has 0 aliphatic heterocycles. The summed E-state index contributed by atoms with van der Waals surface area (Å²) in [5, 5.41) is 10.9. The summed E-state index contributed by atoms with van der Waals surface area (Å²) in [5.41, 5.74) is 0.914. The standard InChI is InChI=1S/C18H16N2O3/c1-2-23-16-10-6-5-9-15(16)19-11-13-17(21)12-7-3-4-8-14(12)20-18(13)22/h3-11H,2H2,1H3,(H2,20,21,22). The molecule has 116 valence electrons. The fourth-order valence-electron chi connectivity index (χ4n) is 2.34. The molecular formula is C18H16N2O3. The van der Waals surface area contributed by atoms with Crippen LogP contribution in [0.1, 0.15) is 12.5 Å². The van der Waals surface area contributed by atoms with Gasteiger partial charge in [0.25, 0.3) is 5.56 Å². The Morgan fingerprint density at radius 1 is 1.17 bits per heavy atom. The molecule has 0 saturated heterocycles. The van der Waals surface area contributed by atoms with Gasteiger partial charge in [-0.2, -0.15) is 0 Å². The van der Waals surface area contributed by atoms with Crippen LogP contribution in [0.2, 0.25) is 0 Å². The minimum atomic E-state index is -0.390. The van der Waals surface area contributed by atoms with E-state index in [1.807, 2.05) is 19.1 Å². The highest BCUT2D eigenvalue weighted by molar-refractivity contribution is 5.95. The lowest BCUT2D eigenvalue weighted by molar-refractivity contribution is 0.341. The summed E-state index contributed by atoms with van der Waals surface area (Å²) < 4.78 is 5.49. The van der Waals surface area contributed by atoms with Crippen molar-refractivity contribution in [1.29, 1.82) is 0 Å². The Morgan fingerprint density at radius 2 is 1.91 bits per heavy atom. The molecule has 0 unspecified atom stereocenters. The first kappa shape index (κ1) is 14.8. The molecule has 1 aromatic heterocycles. The highest BCUT2D eigenvalue weighted by Gasteiger charge is 2.10. The van der Waals surface area contributed by atoms with Gasteiger partial charge in [-0.3, -0.25) is 9.79 Å². The van der Waals surface area contributed by atoms with Crippen molar-refractivity contribution in [3.05, 3.63) is 64.4 Å². The molecule has 2 N–H and O–H groups in total. The largest absolute Gasteiger partial charge is 0.506 e. The molecule has 23 heavy (non-hydrogen) atoms. The second-order valence-electron chi connectivity index (χ2n) is 4.92. The second kappa shape index (κ2) is 6.36. The molecule has 0 bridgehead atoms. The van der Waals surface area contributed by atoms with Gasteiger partial charge in [0.1, 0.15) is 22.7 Å². The van der Waals surface area contributed by atoms with Crippen molar-refractivity contribution < 1.29 is 9.84 Å². The number of aliphatic imine (C=N–C) groups is 1. The average molecular weight is 308 g/mol. The minimum absolute atomic E-state index is 0.0815. The van der Waals surface area contributed by atoms with E-state index in [1.165, 1.54) is 6.21 Å². The lowest BCUT2D eigenvalue weighted by Crippen LogP contribution is -2.12. The van der Waals surface area contributed by atoms with Gasteiger partial charge in [0, 0.05) is 11.6 Å². The first-order valence-electron chi connectivity index (χ1n) is 7.30. The lowest BCUT2D eigenvalue weighted by atomic mass is 10.1. The first-order valence-corrected chi connectivity index (χ1v) is 7.30. The third-order valence-corrected chi connectivity index (χ3v) is 3.43. The SMILES string of the molecule is CCOc1ccccc1N=Cc1c(O)c2ccccc2[nH]c1=O. The minimum Gasteiger partial charge on any atom is -0.506 e. The van der Waals surface area contributed by atoms with E-state index in [-0.39, 0.29) is 16.9 Å². The number of fused-ring (bicyclic) bond motifs is 1. The fraction of sp³-hybridized carbons (Fsp3) is 0.111. The Balaban J connectivity index is 2.07. The van der Waals surface area contributed by atoms with E-state index in [4.69, 9.17) is 4.74 Å². The van der Waals surface area contributed by atoms with Crippen LogP contribution in [0.15, 0.2) is 58.3 Å². The molecule has 0 aliphatic carbocycles. The predicted molar refractivity (Wildman–Crippen MR) is 91.1 cm³/mol. The quantitative estimate of drug-likeness (QED) is 0.726. The number of para-hydroxylation sites is 3. The molecule has 1 heterocycles. The van der Waals surface area contributed by atoms with E-state index in [9.17, 15) is 9.90 Å². The molecule has 0 atom stereocenters. The molecule has 0 fully saturated rings. The predicted octanol–water partition coefficient (Wildman–Crippen LogP) is 3.38. The van der Waals surface area contributed by atoms with Gasteiger partial charge in [0.2, 0.25) is 0 Å². The van der Waals surface area contributed by atoms with Gasteiger partial charge in [-0.05, 0) is 31.2 Å². The van der Waals surface area contributed by atoms with Gasteiger partial charge in [-0.25, -0.2) is 0 Å². The van der Waals surface area contributed by atoms with Gasteiger partial charge < -0.3 is 14.8 Å². The molecule has 5 heteroatoms. The van der Waals surface area contributed by atoms with Crippen molar-refractivity contribution in [3.63, 3.8) is 0 Å². The Hall–Kier alpha value is -3.08. The lowest BCUT2D eigenvalue weighted by Gasteiger charge is -2.06. The van der Waals surface area contributed by atoms with Gasteiger partial charge in [0.05, 0.1) is 12.1 Å². The zero-order chi connectivity index (χ0) is 16.2. The van der Waals surface area contributed by atoms with Crippen molar-refractivity contribution in [3.8, 4) is 11.5 Å². The van der Waals surface area contributed by atoms with Crippen molar-refractivity contribution in [2.45, 2.75) is 6.92 Å². The van der Waals surface area contributed by atoms with Crippen LogP contribution < -0.4 is 10.3 Å². The second-order valence-corrected chi connectivity index (χ2v) is 4.92. The average Bonchev–Trinajstić information content (AvgIpc) is 2.56. The summed E-state index contributed by atoms with van der Waals surface area (Å²) in [6.45, 7) is 2.41. The molecule has 5 nitrogen and oxygen atoms in total. The summed E-state index contributed by atoms with van der Waals surface area (Å²) in [6.07, 6.45) is 1.36. The Morgan fingerprint density at radius 3 is 2.74 bits per heavy atom. The molecule has 0 saturated carbocycles. The first-order chi connectivity index (χ1) is 11.2. The third kappa shape index (κ3) is 2.94. The number of aromatic nitrogens is 1. The summed E-state index contributed by atoms with van der Waals surface area (Å²) in [5.74, 6) is 0.546. The van der Waals surface area contributed by atoms with E-state index in [0.717, 1.165) is 0 Å². The molecule has 0 amide bonds. The van der Waals surface area contributed by atoms with Crippen LogP contribution in [-0.2, 0) is 0 Å². The van der Waals surface area contributed by atoms with Crippen LogP contribution in [0, 0.1) is 0 Å². The maximum Gasteiger partial charge on any atom is 0.261 e. The number of ether oxygens (including phenoxy) is 1. The zero-order valence-corrected chi connectivity index (χ0v) is 12.6. The summed E-state index contributed by atoms with van der Waals surface area (Å²) in [7, 11) is 0. The number of benzene rings is 2. The Bertz CT molecular complexity index is 929. The number of aromatic hydroxyl groups is 1. The smallest absolute Gasteiger partial charge is 0.261 e. The number of pyridine rings is 1. The Labute approximate surface area is 132 Å². The summed E-state index contributed by atoms with van der Waals surface area (Å²) in [6, 6.07) is 14.3. The van der Waals surface area contributed by atoms with Crippen LogP contribution in [0.3, 0.4) is 0 Å². The fourth-order valence-corrected chi connectivity index (χ4v) is 2.34. The van der Waals surface area contributed by atoms with Crippen LogP contribution in [0.25, 0.3) is 10.9 Å². The monoisotopic (exact) mass is 308 g/mol. The van der Waals surface area contributed by atoms with Crippen molar-refractivity contribution in [2.75, 3.05) is 6.61 Å². The number of rotatable bonds is 4. The molecule has 0 aliphatic rings. The summed E-state index contributed by atoms with van der Waals surface area (Å²) in [4.78, 5) is 19.2. The normalized spacial score (nSPS) is 11.2. The maximum atomic E-state index is 12.1. The molecule has 0 radical (unpaired) electrons. The number of hydrogen-bond acceptors (Lipinski definition) is 4. The van der Waals surface area contributed by atoms with E-state index < -0.39 is 0 Å². The third-order valence-electron chi connectivity index (χ3n) is 3.43. The van der Waals surface area contributed by atoms with Gasteiger partial charge in [0.15, 0.2) is 0 Å². The zero-order valence-electron chi connectivity index (χ0n) is 12.6. The Kier molecular flexibility index (Phi) is 4.10. The van der Waals surface area contributed by atoms with Gasteiger partial charge in [-0.1, -0.05) is 24.3 Å². The van der Waals surface area contributed by atoms with Crippen LogP contribution >= 0.6 is 0 Å². The van der Waals surface area contributed by atoms with E-state index in [1.54, 1.807) is 36.4 Å². The van der Waals surface area contributed by atoms with E-state index in [0.29, 0.717) is 28.9 Å². The van der Waals surface area contributed by atoms with Gasteiger partial charge >= 0.3 is 0 Å². The van der Waals surface area contributed by atoms with E-state index >= 15 is 0 Å². The molecular weight excluding hydrogens is 292 g/mol. The van der Waals surface area contributed by atoms with Crippen LogP contribution in [0.4, 0.5) is 5.69 Å². The van der Waals surface area contributed by atoms with Crippen molar-refractivity contribution >= 4 is 22.8 Å². The highest BCUT2D eigenvalue weighted by atomic mass is 16.5. The number of aromatic amines is 1. The number of nitrogens with one attached hydrogen (secondary N) is 1. The van der Waals surface area contributed by atoms with Crippen LogP contribution in [0.5, 0.6) is 11.5 Å². The topological polar surface area (TPSA) is 74.7 Å². The molecule has 2 aromatic carbocycles. The van der Waals surface area contributed by atoms with Gasteiger partial charge in [-0.15, -0.1) is 0 Å². The maximum absolute atomic E-state index is 12.1. The van der Waals surface area contributed by atoms with Crippen molar-refractivity contribution in [1.82, 2.24) is 4.98 Å². The van der Waals surface area contributed by atoms with Crippen LogP contribution in [-0.4, -0.2) is 22.9 Å². The molecule has 0 spiro atoms. The summed E-state index contributed by atoms with van der Waals surface area (Å²) >= 11 is 0. The van der Waals surface area contributed by atoms with Crippen molar-refractivity contribution in [2.24, 2.45) is 4.99 Å². The van der Waals surface area contributed by atoms with E-state index in [2.05, 4.69) is 9.98 Å². The highest BCUT2D eigenvalue weighted by Crippen LogP contribution is 2.28. The number of nitrogens with zero attached hydrogens (tertiary/aromatic N) is 1. The number of hydrogen-bond donors (Lipinski definition) is 2. The molecule has 3 aromatic rings. The number of H-pyrrole nitrogens is 1. The molecule has 3 rings (SSSR count).